The van der Waals surface area contributed by atoms with Crippen LogP contribution in [0.1, 0.15) is 41.6 Å². The molecule has 1 N–H and O–H groups in total. The summed E-state index contributed by atoms with van der Waals surface area (Å²) in [5.41, 5.74) is 0.308. The van der Waals surface area contributed by atoms with Crippen LogP contribution in [-0.4, -0.2) is 48.0 Å². The Bertz CT molecular complexity index is 524. The number of aryl methyl sites for hydroxylation is 1. The number of piperidine rings is 1. The van der Waals surface area contributed by atoms with E-state index in [9.17, 15) is 9.59 Å². The highest BCUT2D eigenvalue weighted by molar-refractivity contribution is 7.15. The number of ether oxygens (including phenoxy) is 1. The Morgan fingerprint density at radius 2 is 2.00 bits per heavy atom. The quantitative estimate of drug-likeness (QED) is 0.862. The molecule has 1 atom stereocenters. The van der Waals surface area contributed by atoms with Crippen LogP contribution in [0.3, 0.4) is 0 Å². The first-order chi connectivity index (χ1) is 10.0. The van der Waals surface area contributed by atoms with E-state index < -0.39 is 5.97 Å². The maximum absolute atomic E-state index is 12.3. The maximum atomic E-state index is 12.3. The van der Waals surface area contributed by atoms with Gasteiger partial charge in [-0.15, -0.1) is 11.3 Å². The summed E-state index contributed by atoms with van der Waals surface area (Å²) < 4.78 is 4.68. The standard InChI is InChI=1S/C14H21N3O3S/c1-9(12(18)17-7-5-4-6-8-17)15-14-16-11(10(2)21-14)13(19)20-3/h9H,4-8H2,1-3H3,(H,15,16). The monoisotopic (exact) mass is 311 g/mol. The van der Waals surface area contributed by atoms with Crippen molar-refractivity contribution in [1.82, 2.24) is 9.88 Å². The van der Waals surface area contributed by atoms with Crippen LogP contribution in [0.25, 0.3) is 0 Å². The summed E-state index contributed by atoms with van der Waals surface area (Å²) in [4.78, 5) is 30.7. The highest BCUT2D eigenvalue weighted by Gasteiger charge is 2.24. The lowest BCUT2D eigenvalue weighted by molar-refractivity contribution is -0.132. The van der Waals surface area contributed by atoms with Gasteiger partial charge >= 0.3 is 5.97 Å². The van der Waals surface area contributed by atoms with Crippen molar-refractivity contribution >= 4 is 28.3 Å². The molecule has 1 aliphatic rings. The van der Waals surface area contributed by atoms with Crippen LogP contribution < -0.4 is 5.32 Å². The third kappa shape index (κ3) is 3.72. The average Bonchev–Trinajstić information content (AvgIpc) is 2.87. The molecule has 6 nitrogen and oxygen atoms in total. The number of aromatic nitrogens is 1. The number of amides is 1. The molecule has 1 aromatic rings. The number of hydrogen-bond donors (Lipinski definition) is 1. The van der Waals surface area contributed by atoms with Gasteiger partial charge in [0, 0.05) is 18.0 Å². The minimum Gasteiger partial charge on any atom is -0.464 e. The number of methoxy groups -OCH3 is 1. The van der Waals surface area contributed by atoms with Gasteiger partial charge in [0.25, 0.3) is 0 Å². The fourth-order valence-corrected chi connectivity index (χ4v) is 3.27. The third-order valence-electron chi connectivity index (χ3n) is 3.55. The number of nitrogens with one attached hydrogen (secondary N) is 1. The lowest BCUT2D eigenvalue weighted by Crippen LogP contribution is -2.43. The van der Waals surface area contributed by atoms with Crippen LogP contribution >= 0.6 is 11.3 Å². The smallest absolute Gasteiger partial charge is 0.357 e. The fraction of sp³-hybridized carbons (Fsp3) is 0.643. The molecular weight excluding hydrogens is 290 g/mol. The Morgan fingerprint density at radius 3 is 2.62 bits per heavy atom. The summed E-state index contributed by atoms with van der Waals surface area (Å²) in [6.45, 7) is 5.29. The van der Waals surface area contributed by atoms with E-state index in [1.54, 1.807) is 0 Å². The Hall–Kier alpha value is -1.63. The molecule has 1 aromatic heterocycles. The van der Waals surface area contributed by atoms with Crippen molar-refractivity contribution in [1.29, 1.82) is 0 Å². The van der Waals surface area contributed by atoms with E-state index >= 15 is 0 Å². The second kappa shape index (κ2) is 6.89. The molecule has 0 bridgehead atoms. The van der Waals surface area contributed by atoms with E-state index in [1.807, 2.05) is 18.7 Å². The maximum Gasteiger partial charge on any atom is 0.357 e. The normalized spacial score (nSPS) is 16.4. The number of likely N-dealkylation sites (tertiary alicyclic amines) is 1. The summed E-state index contributed by atoms with van der Waals surface area (Å²) in [7, 11) is 1.33. The number of hydrogen-bond acceptors (Lipinski definition) is 6. The van der Waals surface area contributed by atoms with Crippen molar-refractivity contribution in [2.75, 3.05) is 25.5 Å². The Labute approximate surface area is 128 Å². The van der Waals surface area contributed by atoms with Gasteiger partial charge in [-0.05, 0) is 33.1 Å². The summed E-state index contributed by atoms with van der Waals surface area (Å²) >= 11 is 1.36. The number of carbonyl (C=O) groups excluding carboxylic acids is 2. The van der Waals surface area contributed by atoms with Gasteiger partial charge in [-0.2, -0.15) is 0 Å². The highest BCUT2D eigenvalue weighted by Crippen LogP contribution is 2.23. The summed E-state index contributed by atoms with van der Waals surface area (Å²) in [6.07, 6.45) is 3.34. The van der Waals surface area contributed by atoms with Crippen molar-refractivity contribution in [2.45, 2.75) is 39.2 Å². The van der Waals surface area contributed by atoms with Gasteiger partial charge in [-0.25, -0.2) is 9.78 Å². The SMILES string of the molecule is COC(=O)c1nc(NC(C)C(=O)N2CCCCC2)sc1C. The second-order valence-electron chi connectivity index (χ2n) is 5.17. The van der Waals surface area contributed by atoms with Gasteiger partial charge in [-0.3, -0.25) is 4.79 Å². The van der Waals surface area contributed by atoms with Gasteiger partial charge in [0.15, 0.2) is 10.8 Å². The molecule has 2 rings (SSSR count). The predicted octanol–water partition coefficient (Wildman–Crippen LogP) is 2.05. The van der Waals surface area contributed by atoms with Crippen molar-refractivity contribution in [2.24, 2.45) is 0 Å². The van der Waals surface area contributed by atoms with Crippen LogP contribution in [0, 0.1) is 6.92 Å². The van der Waals surface area contributed by atoms with Crippen molar-refractivity contribution < 1.29 is 14.3 Å². The molecule has 1 unspecified atom stereocenters. The first-order valence-electron chi connectivity index (χ1n) is 7.14. The van der Waals surface area contributed by atoms with E-state index in [0.29, 0.717) is 10.8 Å². The Kier molecular flexibility index (Phi) is 5.17. The minimum atomic E-state index is -0.452. The molecule has 0 aliphatic carbocycles. The van der Waals surface area contributed by atoms with Crippen LogP contribution in [0.5, 0.6) is 0 Å². The van der Waals surface area contributed by atoms with Gasteiger partial charge in [-0.1, -0.05) is 0 Å². The molecule has 0 radical (unpaired) electrons. The summed E-state index contributed by atoms with van der Waals surface area (Å²) in [5, 5.41) is 3.66. The molecule has 21 heavy (non-hydrogen) atoms. The largest absolute Gasteiger partial charge is 0.464 e. The predicted molar refractivity (Wildman–Crippen MR) is 81.7 cm³/mol. The molecule has 7 heteroatoms. The molecule has 116 valence electrons. The van der Waals surface area contributed by atoms with Crippen molar-refractivity contribution in [3.05, 3.63) is 10.6 Å². The molecule has 2 heterocycles. The first kappa shape index (κ1) is 15.8. The minimum absolute atomic E-state index is 0.0853. The second-order valence-corrected chi connectivity index (χ2v) is 6.37. The molecule has 1 saturated heterocycles. The number of rotatable bonds is 4. The summed E-state index contributed by atoms with van der Waals surface area (Å²) in [5.74, 6) is -0.367. The number of esters is 1. The van der Waals surface area contributed by atoms with E-state index in [-0.39, 0.29) is 11.9 Å². The zero-order valence-electron chi connectivity index (χ0n) is 12.6. The molecule has 0 spiro atoms. The topological polar surface area (TPSA) is 71.5 Å². The zero-order chi connectivity index (χ0) is 15.4. The molecule has 1 amide bonds. The van der Waals surface area contributed by atoms with E-state index in [2.05, 4.69) is 15.0 Å². The number of anilines is 1. The average molecular weight is 311 g/mol. The van der Waals surface area contributed by atoms with E-state index in [4.69, 9.17) is 0 Å². The van der Waals surface area contributed by atoms with Crippen LogP contribution in [0.15, 0.2) is 0 Å². The Balaban J connectivity index is 2.00. The van der Waals surface area contributed by atoms with Gasteiger partial charge in [0.2, 0.25) is 5.91 Å². The van der Waals surface area contributed by atoms with Crippen molar-refractivity contribution in [3.8, 4) is 0 Å². The lowest BCUT2D eigenvalue weighted by atomic mass is 10.1. The van der Waals surface area contributed by atoms with E-state index in [1.165, 1.54) is 24.9 Å². The van der Waals surface area contributed by atoms with E-state index in [0.717, 1.165) is 30.8 Å². The van der Waals surface area contributed by atoms with Gasteiger partial charge in [0.1, 0.15) is 6.04 Å². The number of nitrogens with zero attached hydrogens (tertiary/aromatic N) is 2. The van der Waals surface area contributed by atoms with Crippen molar-refractivity contribution in [3.63, 3.8) is 0 Å². The number of carbonyl (C=O) groups is 2. The third-order valence-corrected chi connectivity index (χ3v) is 4.46. The summed E-state index contributed by atoms with van der Waals surface area (Å²) in [6, 6.07) is -0.348. The fourth-order valence-electron chi connectivity index (χ4n) is 2.38. The zero-order valence-corrected chi connectivity index (χ0v) is 13.5. The lowest BCUT2D eigenvalue weighted by Gasteiger charge is -2.29. The highest BCUT2D eigenvalue weighted by atomic mass is 32.1. The Morgan fingerprint density at radius 1 is 1.33 bits per heavy atom. The van der Waals surface area contributed by atoms with Gasteiger partial charge < -0.3 is 15.0 Å². The van der Waals surface area contributed by atoms with Crippen LogP contribution in [0.2, 0.25) is 0 Å². The number of thiazole rings is 1. The molecule has 0 aromatic carbocycles. The van der Waals surface area contributed by atoms with Crippen LogP contribution in [-0.2, 0) is 9.53 Å². The first-order valence-corrected chi connectivity index (χ1v) is 7.95. The molecule has 1 fully saturated rings. The van der Waals surface area contributed by atoms with Crippen LogP contribution in [0.4, 0.5) is 5.13 Å². The molecule has 1 aliphatic heterocycles. The molecule has 0 saturated carbocycles. The molecular formula is C14H21N3O3S. The van der Waals surface area contributed by atoms with Gasteiger partial charge in [0.05, 0.1) is 7.11 Å².